The van der Waals surface area contributed by atoms with Crippen molar-refractivity contribution in [3.63, 3.8) is 0 Å². The highest BCUT2D eigenvalue weighted by Crippen LogP contribution is 2.31. The number of carbonyl (C=O) groups excluding carboxylic acids is 1. The third-order valence-corrected chi connectivity index (χ3v) is 4.45. The molecule has 28 heavy (non-hydrogen) atoms. The van der Waals surface area contributed by atoms with Crippen molar-refractivity contribution in [3.8, 4) is 0 Å². The van der Waals surface area contributed by atoms with Gasteiger partial charge in [-0.25, -0.2) is 5.10 Å². The molecule has 0 saturated carbocycles. The summed E-state index contributed by atoms with van der Waals surface area (Å²) in [6.07, 6.45) is -3.69. The second-order valence-electron chi connectivity index (χ2n) is 7.06. The van der Waals surface area contributed by atoms with Crippen molar-refractivity contribution < 1.29 is 22.7 Å². The Morgan fingerprint density at radius 1 is 1.46 bits per heavy atom. The van der Waals surface area contributed by atoms with Crippen LogP contribution in [-0.2, 0) is 15.7 Å². The summed E-state index contributed by atoms with van der Waals surface area (Å²) in [6.45, 7) is 7.20. The number of hydrogen-bond donors (Lipinski definition) is 3. The van der Waals surface area contributed by atoms with Crippen LogP contribution in [0.25, 0.3) is 0 Å². The Labute approximate surface area is 160 Å². The number of nitrogens with one attached hydrogen (secondary N) is 3. The molecule has 0 aromatic carbocycles. The van der Waals surface area contributed by atoms with Gasteiger partial charge in [0.2, 0.25) is 5.91 Å². The lowest BCUT2D eigenvalue weighted by Crippen LogP contribution is -2.56. The van der Waals surface area contributed by atoms with E-state index in [1.165, 1.54) is 0 Å². The van der Waals surface area contributed by atoms with Crippen LogP contribution in [0.15, 0.2) is 11.0 Å². The van der Waals surface area contributed by atoms with Gasteiger partial charge < -0.3 is 20.3 Å². The fraction of sp³-hybridized carbons (Fsp3) is 0.706. The van der Waals surface area contributed by atoms with E-state index in [1.54, 1.807) is 12.0 Å². The first-order valence-corrected chi connectivity index (χ1v) is 9.11. The van der Waals surface area contributed by atoms with Crippen molar-refractivity contribution in [3.05, 3.63) is 22.1 Å². The van der Waals surface area contributed by atoms with Gasteiger partial charge in [0.05, 0.1) is 31.5 Å². The third-order valence-electron chi connectivity index (χ3n) is 4.45. The third kappa shape index (κ3) is 5.93. The van der Waals surface area contributed by atoms with Crippen LogP contribution < -0.4 is 16.2 Å². The topological polar surface area (TPSA) is 99.3 Å². The molecular formula is C17H26F3N5O3. The van der Waals surface area contributed by atoms with Crippen LogP contribution in [-0.4, -0.2) is 65.4 Å². The van der Waals surface area contributed by atoms with Gasteiger partial charge in [0.1, 0.15) is 5.56 Å². The number of aromatic nitrogens is 2. The monoisotopic (exact) mass is 405 g/mol. The van der Waals surface area contributed by atoms with E-state index in [2.05, 4.69) is 15.7 Å². The number of alkyl halides is 3. The molecule has 1 aliphatic heterocycles. The Morgan fingerprint density at radius 3 is 2.86 bits per heavy atom. The van der Waals surface area contributed by atoms with Gasteiger partial charge in [-0.05, 0) is 20.8 Å². The summed E-state index contributed by atoms with van der Waals surface area (Å²) < 4.78 is 44.5. The van der Waals surface area contributed by atoms with Crippen molar-refractivity contribution in [2.75, 3.05) is 31.6 Å². The number of nitrogens with zero attached hydrogens (tertiary/aromatic N) is 2. The van der Waals surface area contributed by atoms with E-state index < -0.39 is 29.0 Å². The number of anilines is 1. The summed E-state index contributed by atoms with van der Waals surface area (Å²) in [5, 5.41) is 11.1. The number of rotatable bonds is 7. The minimum absolute atomic E-state index is 0.0142. The second-order valence-corrected chi connectivity index (χ2v) is 7.06. The van der Waals surface area contributed by atoms with Gasteiger partial charge in [0.15, 0.2) is 0 Å². The molecule has 0 radical (unpaired) electrons. The van der Waals surface area contributed by atoms with Crippen LogP contribution >= 0.6 is 0 Å². The predicted molar refractivity (Wildman–Crippen MR) is 97.0 cm³/mol. The van der Waals surface area contributed by atoms with Gasteiger partial charge in [0, 0.05) is 31.2 Å². The second kappa shape index (κ2) is 9.37. The minimum atomic E-state index is -4.80. The van der Waals surface area contributed by atoms with Crippen LogP contribution in [0.2, 0.25) is 0 Å². The molecule has 1 aromatic rings. The van der Waals surface area contributed by atoms with E-state index in [0.29, 0.717) is 6.54 Å². The summed E-state index contributed by atoms with van der Waals surface area (Å²) in [4.78, 5) is 25.6. The maximum absolute atomic E-state index is 13.0. The minimum Gasteiger partial charge on any atom is -0.379 e. The van der Waals surface area contributed by atoms with Crippen molar-refractivity contribution in [1.29, 1.82) is 0 Å². The lowest BCUT2D eigenvalue weighted by molar-refractivity contribution is -0.138. The molecule has 1 aliphatic rings. The molecule has 1 amide bonds. The van der Waals surface area contributed by atoms with E-state index >= 15 is 0 Å². The van der Waals surface area contributed by atoms with Gasteiger partial charge in [0.25, 0.3) is 5.56 Å². The zero-order valence-electron chi connectivity index (χ0n) is 16.1. The molecule has 2 rings (SSSR count). The number of amides is 1. The first-order valence-electron chi connectivity index (χ1n) is 9.11. The van der Waals surface area contributed by atoms with Crippen molar-refractivity contribution >= 4 is 11.6 Å². The normalized spacial score (nSPS) is 21.4. The summed E-state index contributed by atoms with van der Waals surface area (Å²) in [7, 11) is 0. The lowest BCUT2D eigenvalue weighted by Gasteiger charge is -2.37. The molecule has 11 heteroatoms. The van der Waals surface area contributed by atoms with Crippen molar-refractivity contribution in [2.24, 2.45) is 0 Å². The first-order chi connectivity index (χ1) is 13.1. The average molecular weight is 405 g/mol. The van der Waals surface area contributed by atoms with Gasteiger partial charge in [-0.2, -0.15) is 18.3 Å². The Morgan fingerprint density at radius 2 is 2.18 bits per heavy atom. The molecule has 0 spiro atoms. The van der Waals surface area contributed by atoms with Crippen molar-refractivity contribution in [2.45, 2.75) is 51.5 Å². The summed E-state index contributed by atoms with van der Waals surface area (Å²) in [5.41, 5.74) is -3.05. The predicted octanol–water partition coefficient (Wildman–Crippen LogP) is 1.20. The molecule has 158 valence electrons. The van der Waals surface area contributed by atoms with Gasteiger partial charge in [-0.3, -0.25) is 9.59 Å². The smallest absolute Gasteiger partial charge is 0.379 e. The highest BCUT2D eigenvalue weighted by molar-refractivity contribution is 5.76. The molecule has 2 heterocycles. The number of hydrogen-bond acceptors (Lipinski definition) is 6. The molecule has 1 saturated heterocycles. The summed E-state index contributed by atoms with van der Waals surface area (Å²) in [5.74, 6) is -0.0142. The number of ether oxygens (including phenoxy) is 1. The van der Waals surface area contributed by atoms with Crippen LogP contribution in [0.1, 0.15) is 32.8 Å². The molecule has 1 unspecified atom stereocenters. The zero-order valence-corrected chi connectivity index (χ0v) is 16.1. The largest absolute Gasteiger partial charge is 0.423 e. The summed E-state index contributed by atoms with van der Waals surface area (Å²) >= 11 is 0. The summed E-state index contributed by atoms with van der Waals surface area (Å²) in [6, 6.07) is -0.178. The number of H-pyrrole nitrogens is 1. The molecule has 3 atom stereocenters. The molecular weight excluding hydrogens is 379 g/mol. The van der Waals surface area contributed by atoms with Crippen LogP contribution in [0.4, 0.5) is 18.9 Å². The van der Waals surface area contributed by atoms with Crippen molar-refractivity contribution in [1.82, 2.24) is 20.4 Å². The highest BCUT2D eigenvalue weighted by atomic mass is 19.4. The average Bonchev–Trinajstić information content (AvgIpc) is 2.59. The van der Waals surface area contributed by atoms with E-state index in [4.69, 9.17) is 4.74 Å². The molecule has 0 bridgehead atoms. The van der Waals surface area contributed by atoms with E-state index in [-0.39, 0.29) is 37.6 Å². The SMILES string of the molecule is CC(COCCC(=O)N1C[C@@H](C)NC[C@@H]1C)Nc1cn[nH]c(=O)c1C(F)(F)F. The first kappa shape index (κ1) is 22.2. The molecule has 1 aromatic heterocycles. The van der Waals surface area contributed by atoms with Crippen LogP contribution in [0.5, 0.6) is 0 Å². The van der Waals surface area contributed by atoms with Gasteiger partial charge >= 0.3 is 6.18 Å². The maximum atomic E-state index is 13.0. The highest BCUT2D eigenvalue weighted by Gasteiger charge is 2.37. The standard InChI is InChI=1S/C17H26F3N5O3/c1-10-8-25(12(3)6-21-10)14(26)4-5-28-9-11(2)23-13-7-22-24-16(27)15(13)17(18,19)20/h7,10-12,21H,4-6,8-9H2,1-3H3,(H2,23,24,27)/t10-,11?,12+/m1/s1. The van der Waals surface area contributed by atoms with E-state index in [9.17, 15) is 22.8 Å². The number of aromatic amines is 1. The van der Waals surface area contributed by atoms with E-state index in [1.807, 2.05) is 18.7 Å². The number of piperazine rings is 1. The molecule has 8 nitrogen and oxygen atoms in total. The van der Waals surface area contributed by atoms with E-state index in [0.717, 1.165) is 12.7 Å². The molecule has 0 aliphatic carbocycles. The lowest BCUT2D eigenvalue weighted by atomic mass is 10.1. The fourth-order valence-corrected chi connectivity index (χ4v) is 3.03. The van der Waals surface area contributed by atoms with Crippen LogP contribution in [0, 0.1) is 0 Å². The Balaban J connectivity index is 1.81. The Bertz CT molecular complexity index is 725. The quantitative estimate of drug-likeness (QED) is 0.590. The van der Waals surface area contributed by atoms with Gasteiger partial charge in [-0.15, -0.1) is 0 Å². The molecule has 3 N–H and O–H groups in total. The van der Waals surface area contributed by atoms with Gasteiger partial charge in [-0.1, -0.05) is 0 Å². The Kier molecular flexibility index (Phi) is 7.41. The Hall–Kier alpha value is -2.14. The fourth-order valence-electron chi connectivity index (χ4n) is 3.03. The zero-order chi connectivity index (χ0) is 20.9. The number of halogens is 3. The number of carbonyl (C=O) groups is 1. The van der Waals surface area contributed by atoms with Crippen LogP contribution in [0.3, 0.4) is 0 Å². The molecule has 1 fully saturated rings. The maximum Gasteiger partial charge on any atom is 0.423 e.